The van der Waals surface area contributed by atoms with Gasteiger partial charge in [0, 0.05) is 18.8 Å². The van der Waals surface area contributed by atoms with E-state index in [2.05, 4.69) is 50.0 Å². The van der Waals surface area contributed by atoms with E-state index in [9.17, 15) is 0 Å². The number of halogens is 2. The third kappa shape index (κ3) is 3.54. The van der Waals surface area contributed by atoms with Crippen molar-refractivity contribution < 1.29 is 4.74 Å². The highest BCUT2D eigenvalue weighted by atomic mass is 35.5. The van der Waals surface area contributed by atoms with Crippen molar-refractivity contribution in [1.29, 1.82) is 0 Å². The monoisotopic (exact) mass is 430 g/mol. The molecule has 29 heavy (non-hydrogen) atoms. The van der Waals surface area contributed by atoms with Crippen molar-refractivity contribution in [2.45, 2.75) is 31.5 Å². The number of tetrazole rings is 1. The SMILES string of the molecule is Clc1cccc(-n2nnnc2NCc2ccccc2N2CC3CCC2CO3)c1Cl. The van der Waals surface area contributed by atoms with Crippen LogP contribution in [-0.4, -0.2) is 45.5 Å². The van der Waals surface area contributed by atoms with Gasteiger partial charge in [0.05, 0.1) is 34.5 Å². The Bertz CT molecular complexity index is 1020. The number of anilines is 2. The Balaban J connectivity index is 1.39. The van der Waals surface area contributed by atoms with Crippen LogP contribution in [0.4, 0.5) is 11.6 Å². The summed E-state index contributed by atoms with van der Waals surface area (Å²) in [5.74, 6) is 0.507. The summed E-state index contributed by atoms with van der Waals surface area (Å²) in [6.45, 7) is 2.33. The van der Waals surface area contributed by atoms with E-state index < -0.39 is 0 Å². The van der Waals surface area contributed by atoms with Gasteiger partial charge in [-0.05, 0) is 47.0 Å². The first kappa shape index (κ1) is 18.7. The second-order valence-corrected chi connectivity index (χ2v) is 8.09. The van der Waals surface area contributed by atoms with Crippen LogP contribution in [-0.2, 0) is 11.3 Å². The Kier molecular flexibility index (Phi) is 5.03. The first-order chi connectivity index (χ1) is 14.2. The van der Waals surface area contributed by atoms with E-state index in [0.717, 1.165) is 19.6 Å². The molecule has 9 heteroatoms. The third-order valence-electron chi connectivity index (χ3n) is 5.55. The molecule has 3 fully saturated rings. The Morgan fingerprint density at radius 2 is 1.93 bits per heavy atom. The fraction of sp³-hybridized carbons (Fsp3) is 0.350. The average Bonchev–Trinajstić information content (AvgIpc) is 3.23. The predicted molar refractivity (Wildman–Crippen MR) is 113 cm³/mol. The third-order valence-corrected chi connectivity index (χ3v) is 6.36. The molecule has 2 bridgehead atoms. The van der Waals surface area contributed by atoms with E-state index in [4.69, 9.17) is 27.9 Å². The van der Waals surface area contributed by atoms with E-state index >= 15 is 0 Å². The van der Waals surface area contributed by atoms with Gasteiger partial charge in [-0.25, -0.2) is 0 Å². The minimum atomic E-state index is 0.332. The minimum Gasteiger partial charge on any atom is -0.374 e. The highest BCUT2D eigenvalue weighted by Crippen LogP contribution is 2.33. The standard InChI is InChI=1S/C20H20Cl2N6O/c21-16-5-3-7-18(19(16)22)28-20(24-25-26-28)23-10-13-4-1-2-6-17(13)27-11-15-9-8-14(27)12-29-15/h1-7,14-15H,8-12H2,(H,23,24,26). The van der Waals surface area contributed by atoms with Crippen molar-refractivity contribution in [3.8, 4) is 5.69 Å². The van der Waals surface area contributed by atoms with Gasteiger partial charge in [0.2, 0.25) is 5.95 Å². The lowest BCUT2D eigenvalue weighted by molar-refractivity contribution is -0.0225. The number of nitrogens with zero attached hydrogens (tertiary/aromatic N) is 5. The molecule has 0 saturated carbocycles. The van der Waals surface area contributed by atoms with Gasteiger partial charge in [-0.15, -0.1) is 0 Å². The molecule has 150 valence electrons. The maximum absolute atomic E-state index is 6.34. The number of aromatic nitrogens is 4. The van der Waals surface area contributed by atoms with Gasteiger partial charge >= 0.3 is 0 Å². The highest BCUT2D eigenvalue weighted by molar-refractivity contribution is 6.43. The number of para-hydroxylation sites is 1. The summed E-state index contributed by atoms with van der Waals surface area (Å²) >= 11 is 12.5. The summed E-state index contributed by atoms with van der Waals surface area (Å²) in [5.41, 5.74) is 3.05. The van der Waals surface area contributed by atoms with Crippen LogP contribution in [0.5, 0.6) is 0 Å². The summed E-state index contributed by atoms with van der Waals surface area (Å²) < 4.78 is 7.43. The van der Waals surface area contributed by atoms with Crippen LogP contribution in [0.1, 0.15) is 18.4 Å². The van der Waals surface area contributed by atoms with Gasteiger partial charge in [0.25, 0.3) is 0 Å². The summed E-state index contributed by atoms with van der Waals surface area (Å²) in [6, 6.07) is 14.3. The lowest BCUT2D eigenvalue weighted by Crippen LogP contribution is -2.54. The van der Waals surface area contributed by atoms with Crippen molar-refractivity contribution in [2.24, 2.45) is 0 Å². The number of morpholine rings is 1. The molecule has 1 aromatic heterocycles. The highest BCUT2D eigenvalue weighted by Gasteiger charge is 2.35. The molecule has 0 radical (unpaired) electrons. The summed E-state index contributed by atoms with van der Waals surface area (Å²) in [6.07, 6.45) is 2.66. The predicted octanol–water partition coefficient (Wildman–Crippen LogP) is 3.95. The molecule has 3 aromatic rings. The number of ether oxygens (including phenoxy) is 1. The normalized spacial score (nSPS) is 20.8. The van der Waals surface area contributed by atoms with E-state index in [1.54, 1.807) is 10.7 Å². The number of piperidine rings is 1. The molecule has 3 aliphatic rings. The maximum Gasteiger partial charge on any atom is 0.248 e. The average molecular weight is 431 g/mol. The molecule has 0 amide bonds. The van der Waals surface area contributed by atoms with Gasteiger partial charge in [-0.1, -0.05) is 52.6 Å². The molecule has 2 aromatic carbocycles. The number of hydrogen-bond acceptors (Lipinski definition) is 6. The quantitative estimate of drug-likeness (QED) is 0.660. The molecule has 2 unspecified atom stereocenters. The zero-order chi connectivity index (χ0) is 19.8. The maximum atomic E-state index is 6.34. The Labute approximate surface area is 178 Å². The second kappa shape index (κ2) is 7.82. The molecular formula is C20H20Cl2N6O. The van der Waals surface area contributed by atoms with Gasteiger partial charge in [0.15, 0.2) is 0 Å². The molecule has 3 saturated heterocycles. The van der Waals surface area contributed by atoms with E-state index in [-0.39, 0.29) is 0 Å². The van der Waals surface area contributed by atoms with Crippen LogP contribution in [0.25, 0.3) is 5.69 Å². The molecular weight excluding hydrogens is 411 g/mol. The van der Waals surface area contributed by atoms with Crippen molar-refractivity contribution in [2.75, 3.05) is 23.4 Å². The van der Waals surface area contributed by atoms with E-state index in [0.29, 0.717) is 40.4 Å². The molecule has 6 rings (SSSR count). The lowest BCUT2D eigenvalue weighted by atomic mass is 9.95. The largest absolute Gasteiger partial charge is 0.374 e. The first-order valence-corrected chi connectivity index (χ1v) is 10.4. The Morgan fingerprint density at radius 1 is 1.07 bits per heavy atom. The molecule has 1 N–H and O–H groups in total. The number of fused-ring (bicyclic) bond motifs is 3. The van der Waals surface area contributed by atoms with Crippen LogP contribution in [0.3, 0.4) is 0 Å². The number of benzene rings is 2. The van der Waals surface area contributed by atoms with Crippen LogP contribution in [0.2, 0.25) is 10.0 Å². The van der Waals surface area contributed by atoms with E-state index in [1.807, 2.05) is 12.1 Å². The number of rotatable bonds is 5. The van der Waals surface area contributed by atoms with E-state index in [1.165, 1.54) is 17.7 Å². The van der Waals surface area contributed by atoms with Crippen molar-refractivity contribution in [1.82, 2.24) is 20.2 Å². The lowest BCUT2D eigenvalue weighted by Gasteiger charge is -2.47. The molecule has 0 aliphatic carbocycles. The zero-order valence-electron chi connectivity index (χ0n) is 15.6. The molecule has 3 aliphatic heterocycles. The van der Waals surface area contributed by atoms with Crippen molar-refractivity contribution in [3.05, 3.63) is 58.1 Å². The second-order valence-electron chi connectivity index (χ2n) is 7.31. The Morgan fingerprint density at radius 3 is 2.72 bits per heavy atom. The zero-order valence-corrected chi connectivity index (χ0v) is 17.1. The van der Waals surface area contributed by atoms with Crippen LogP contribution < -0.4 is 10.2 Å². The summed E-state index contributed by atoms with van der Waals surface area (Å²) in [5, 5.41) is 16.2. The van der Waals surface area contributed by atoms with Gasteiger partial charge < -0.3 is 15.0 Å². The summed E-state index contributed by atoms with van der Waals surface area (Å²) in [7, 11) is 0. The number of nitrogens with one attached hydrogen (secondary N) is 1. The minimum absolute atomic E-state index is 0.332. The molecule has 7 nitrogen and oxygen atoms in total. The topological polar surface area (TPSA) is 68.1 Å². The van der Waals surface area contributed by atoms with Gasteiger partial charge in [-0.2, -0.15) is 4.68 Å². The molecule has 0 spiro atoms. The molecule has 4 heterocycles. The van der Waals surface area contributed by atoms with Crippen molar-refractivity contribution >= 4 is 34.8 Å². The van der Waals surface area contributed by atoms with Crippen LogP contribution in [0, 0.1) is 0 Å². The number of hydrogen-bond donors (Lipinski definition) is 1. The van der Waals surface area contributed by atoms with Crippen molar-refractivity contribution in [3.63, 3.8) is 0 Å². The smallest absolute Gasteiger partial charge is 0.248 e. The molecule has 2 atom stereocenters. The van der Waals surface area contributed by atoms with Crippen LogP contribution >= 0.6 is 23.2 Å². The van der Waals surface area contributed by atoms with Gasteiger partial charge in [-0.3, -0.25) is 0 Å². The Hall–Kier alpha value is -2.35. The fourth-order valence-corrected chi connectivity index (χ4v) is 4.45. The fourth-order valence-electron chi connectivity index (χ4n) is 4.08. The summed E-state index contributed by atoms with van der Waals surface area (Å²) in [4.78, 5) is 2.48. The van der Waals surface area contributed by atoms with Gasteiger partial charge in [0.1, 0.15) is 0 Å². The van der Waals surface area contributed by atoms with Crippen LogP contribution in [0.15, 0.2) is 42.5 Å². The first-order valence-electron chi connectivity index (χ1n) is 9.63.